The van der Waals surface area contributed by atoms with E-state index >= 15 is 0 Å². The average Bonchev–Trinajstić information content (AvgIpc) is 2.75. The van der Waals surface area contributed by atoms with Crippen molar-refractivity contribution in [1.29, 1.82) is 0 Å². The van der Waals surface area contributed by atoms with Gasteiger partial charge in [0.1, 0.15) is 5.78 Å². The number of aromatic nitrogens is 3. The Morgan fingerprint density at radius 1 is 1.50 bits per heavy atom. The Kier molecular flexibility index (Phi) is 3.18. The fraction of sp³-hybridized carbons (Fsp3) is 0.700. The molecule has 0 aliphatic heterocycles. The number of rotatable bonds is 3. The molecule has 1 aliphatic carbocycles. The second-order valence-electron chi connectivity index (χ2n) is 4.24. The van der Waals surface area contributed by atoms with Crippen molar-refractivity contribution in [2.45, 2.75) is 49.6 Å². The number of hydrogen-bond acceptors (Lipinski definition) is 4. The largest absolute Gasteiger partial charge is 0.344 e. The highest BCUT2D eigenvalue weighted by Crippen LogP contribution is 2.31. The van der Waals surface area contributed by atoms with Crippen LogP contribution in [0.4, 0.5) is 0 Å². The Balaban J connectivity index is 2.21. The number of aromatic amines is 1. The first-order valence-corrected chi connectivity index (χ1v) is 6.34. The van der Waals surface area contributed by atoms with Crippen LogP contribution < -0.4 is 5.69 Å². The highest BCUT2D eigenvalue weighted by atomic mass is 32.2. The predicted octanol–water partition coefficient (Wildman–Crippen LogP) is 1.37. The van der Waals surface area contributed by atoms with Crippen LogP contribution in [0.3, 0.4) is 0 Å². The lowest BCUT2D eigenvalue weighted by molar-refractivity contribution is -0.116. The summed E-state index contributed by atoms with van der Waals surface area (Å²) in [6.07, 6.45) is 2.50. The normalized spacial score (nSPS) is 20.9. The molecule has 5 nitrogen and oxygen atoms in total. The number of ketones is 1. The molecule has 1 aromatic rings. The van der Waals surface area contributed by atoms with Gasteiger partial charge in [-0.15, -0.1) is 5.10 Å². The van der Waals surface area contributed by atoms with E-state index in [1.807, 2.05) is 13.8 Å². The zero-order chi connectivity index (χ0) is 11.7. The third-order valence-corrected chi connectivity index (χ3v) is 3.97. The molecule has 0 bridgehead atoms. The van der Waals surface area contributed by atoms with Gasteiger partial charge >= 0.3 is 5.69 Å². The molecular weight excluding hydrogens is 226 g/mol. The fourth-order valence-corrected chi connectivity index (χ4v) is 3.16. The van der Waals surface area contributed by atoms with E-state index in [4.69, 9.17) is 0 Å². The van der Waals surface area contributed by atoms with E-state index < -0.39 is 0 Å². The molecule has 1 N–H and O–H groups in total. The van der Waals surface area contributed by atoms with Gasteiger partial charge in [-0.25, -0.2) is 9.89 Å². The maximum atomic E-state index is 11.5. The van der Waals surface area contributed by atoms with E-state index in [1.54, 1.807) is 4.57 Å². The number of thioether (sulfide) groups is 1. The molecular formula is C10H15N3O2S. The number of carbonyl (C=O) groups is 1. The summed E-state index contributed by atoms with van der Waals surface area (Å²) in [6.45, 7) is 3.86. The minimum Gasteiger partial charge on any atom is -0.298 e. The third kappa shape index (κ3) is 2.07. The lowest BCUT2D eigenvalue weighted by Gasteiger charge is -2.10. The molecule has 1 heterocycles. The van der Waals surface area contributed by atoms with Gasteiger partial charge in [0.25, 0.3) is 0 Å². The van der Waals surface area contributed by atoms with Crippen molar-refractivity contribution in [1.82, 2.24) is 14.8 Å². The third-order valence-electron chi connectivity index (χ3n) is 2.68. The zero-order valence-electron chi connectivity index (χ0n) is 9.40. The van der Waals surface area contributed by atoms with Crippen molar-refractivity contribution < 1.29 is 4.79 Å². The topological polar surface area (TPSA) is 67.8 Å². The van der Waals surface area contributed by atoms with Crippen LogP contribution in [0.5, 0.6) is 0 Å². The summed E-state index contributed by atoms with van der Waals surface area (Å²) in [5.41, 5.74) is -0.206. The van der Waals surface area contributed by atoms with Gasteiger partial charge < -0.3 is 0 Å². The van der Waals surface area contributed by atoms with Crippen LogP contribution >= 0.6 is 11.8 Å². The summed E-state index contributed by atoms with van der Waals surface area (Å²) < 4.78 is 1.59. The van der Waals surface area contributed by atoms with E-state index in [0.717, 1.165) is 12.8 Å². The second-order valence-corrected chi connectivity index (χ2v) is 5.41. The number of nitrogens with zero attached hydrogens (tertiary/aromatic N) is 2. The maximum Gasteiger partial charge on any atom is 0.344 e. The number of Topliss-reactive ketones (excluding diaryl/α,β-unsaturated/α-hetero) is 1. The molecule has 0 radical (unpaired) electrons. The van der Waals surface area contributed by atoms with Crippen LogP contribution in [0.2, 0.25) is 0 Å². The minimum atomic E-state index is -0.206. The van der Waals surface area contributed by atoms with Gasteiger partial charge in [-0.1, -0.05) is 11.8 Å². The van der Waals surface area contributed by atoms with Crippen molar-refractivity contribution in [2.75, 3.05) is 0 Å². The van der Waals surface area contributed by atoms with Crippen LogP contribution in [0.1, 0.15) is 39.2 Å². The SMILES string of the molecule is CC(C)n1c(SC2CCCC2=O)n[nH]c1=O. The van der Waals surface area contributed by atoms with Gasteiger partial charge in [0.15, 0.2) is 5.16 Å². The first kappa shape index (κ1) is 11.4. The van der Waals surface area contributed by atoms with Crippen LogP contribution in [0.15, 0.2) is 9.95 Å². The lowest BCUT2D eigenvalue weighted by Crippen LogP contribution is -2.20. The van der Waals surface area contributed by atoms with Crippen molar-refractivity contribution in [3.63, 3.8) is 0 Å². The standard InChI is InChI=1S/C10H15N3O2S/c1-6(2)13-9(15)11-12-10(13)16-8-5-3-4-7(8)14/h6,8H,3-5H2,1-2H3,(H,11,15). The predicted molar refractivity (Wildman–Crippen MR) is 61.7 cm³/mol. The molecule has 1 unspecified atom stereocenters. The number of carbonyl (C=O) groups excluding carboxylic acids is 1. The summed E-state index contributed by atoms with van der Waals surface area (Å²) >= 11 is 1.41. The van der Waals surface area contributed by atoms with Gasteiger partial charge in [-0.2, -0.15) is 0 Å². The highest BCUT2D eigenvalue weighted by Gasteiger charge is 2.27. The average molecular weight is 241 g/mol. The van der Waals surface area contributed by atoms with Crippen molar-refractivity contribution in [3.8, 4) is 0 Å². The van der Waals surface area contributed by atoms with Crippen LogP contribution in [0, 0.1) is 0 Å². The molecule has 1 aromatic heterocycles. The Labute approximate surface area is 97.6 Å². The molecule has 0 spiro atoms. The van der Waals surface area contributed by atoms with Gasteiger partial charge in [-0.05, 0) is 26.7 Å². The molecule has 6 heteroatoms. The number of nitrogens with one attached hydrogen (secondary N) is 1. The summed E-state index contributed by atoms with van der Waals surface area (Å²) in [7, 11) is 0. The maximum absolute atomic E-state index is 11.5. The molecule has 1 fully saturated rings. The zero-order valence-corrected chi connectivity index (χ0v) is 10.2. The number of hydrogen-bond donors (Lipinski definition) is 1. The quantitative estimate of drug-likeness (QED) is 0.867. The first-order valence-electron chi connectivity index (χ1n) is 5.46. The first-order chi connectivity index (χ1) is 7.59. The lowest BCUT2D eigenvalue weighted by atomic mass is 10.3. The van der Waals surface area contributed by atoms with E-state index in [2.05, 4.69) is 10.2 Å². The highest BCUT2D eigenvalue weighted by molar-refractivity contribution is 8.00. The summed E-state index contributed by atoms with van der Waals surface area (Å²) in [6, 6.07) is 0.0604. The summed E-state index contributed by atoms with van der Waals surface area (Å²) in [4.78, 5) is 23.0. The number of H-pyrrole nitrogens is 1. The molecule has 1 saturated carbocycles. The molecule has 88 valence electrons. The van der Waals surface area contributed by atoms with E-state index in [1.165, 1.54) is 11.8 Å². The smallest absolute Gasteiger partial charge is 0.298 e. The van der Waals surface area contributed by atoms with Crippen molar-refractivity contribution in [2.24, 2.45) is 0 Å². The summed E-state index contributed by atoms with van der Waals surface area (Å²) in [5.74, 6) is 0.274. The monoisotopic (exact) mass is 241 g/mol. The van der Waals surface area contributed by atoms with Gasteiger partial charge in [-0.3, -0.25) is 9.36 Å². The van der Waals surface area contributed by atoms with Crippen LogP contribution in [-0.4, -0.2) is 25.8 Å². The molecule has 0 saturated heterocycles. The van der Waals surface area contributed by atoms with Gasteiger partial charge in [0.05, 0.1) is 5.25 Å². The van der Waals surface area contributed by atoms with Crippen LogP contribution in [0.25, 0.3) is 0 Å². The Hall–Kier alpha value is -1.04. The van der Waals surface area contributed by atoms with Gasteiger partial charge in [0.2, 0.25) is 0 Å². The molecule has 1 atom stereocenters. The molecule has 1 aliphatic rings. The van der Waals surface area contributed by atoms with Gasteiger partial charge in [0, 0.05) is 12.5 Å². The second kappa shape index (κ2) is 4.45. The molecule has 16 heavy (non-hydrogen) atoms. The van der Waals surface area contributed by atoms with E-state index in [9.17, 15) is 9.59 Å². The minimum absolute atomic E-state index is 0.0206. The van der Waals surface area contributed by atoms with Crippen molar-refractivity contribution in [3.05, 3.63) is 10.5 Å². The fourth-order valence-electron chi connectivity index (χ4n) is 1.86. The Morgan fingerprint density at radius 2 is 2.25 bits per heavy atom. The van der Waals surface area contributed by atoms with Crippen LogP contribution in [-0.2, 0) is 4.79 Å². The Morgan fingerprint density at radius 3 is 2.81 bits per heavy atom. The van der Waals surface area contributed by atoms with E-state index in [-0.39, 0.29) is 22.8 Å². The van der Waals surface area contributed by atoms with E-state index in [0.29, 0.717) is 11.6 Å². The summed E-state index contributed by atoms with van der Waals surface area (Å²) in [5, 5.41) is 7.01. The van der Waals surface area contributed by atoms with Crippen molar-refractivity contribution >= 4 is 17.5 Å². The molecule has 0 aromatic carbocycles. The Bertz CT molecular complexity index is 449. The molecule has 2 rings (SSSR count). The molecule has 0 amide bonds.